The van der Waals surface area contributed by atoms with Crippen molar-refractivity contribution in [1.82, 2.24) is 5.32 Å². The summed E-state index contributed by atoms with van der Waals surface area (Å²) in [5, 5.41) is 22.0. The molecule has 1 unspecified atom stereocenters. The number of aliphatic hydroxyl groups excluding tert-OH is 2. The lowest BCUT2D eigenvalue weighted by Crippen LogP contribution is -2.54. The van der Waals surface area contributed by atoms with Gasteiger partial charge in [-0.15, -0.1) is 0 Å². The number of hydrogen-bond acceptors (Lipinski definition) is 3. The second kappa shape index (κ2) is 6.58. The highest BCUT2D eigenvalue weighted by molar-refractivity contribution is 4.93. The molecule has 0 bridgehead atoms. The van der Waals surface area contributed by atoms with Gasteiger partial charge in [-0.05, 0) is 51.4 Å². The van der Waals surface area contributed by atoms with Crippen LogP contribution in [-0.4, -0.2) is 35.0 Å². The Bertz CT molecular complexity index is 188. The Kier molecular flexibility index (Phi) is 5.73. The van der Waals surface area contributed by atoms with E-state index < -0.39 is 0 Å². The monoisotopic (exact) mass is 229 g/mol. The molecular formula is C13H27NO2. The second-order valence-electron chi connectivity index (χ2n) is 5.53. The lowest BCUT2D eigenvalue weighted by molar-refractivity contribution is 0.0937. The predicted octanol–water partition coefficient (Wildman–Crippen LogP) is 1.68. The van der Waals surface area contributed by atoms with E-state index in [0.29, 0.717) is 6.04 Å². The van der Waals surface area contributed by atoms with Gasteiger partial charge in [-0.25, -0.2) is 0 Å². The highest BCUT2D eigenvalue weighted by Crippen LogP contribution is 2.32. The quantitative estimate of drug-likeness (QED) is 0.649. The lowest BCUT2D eigenvalue weighted by Gasteiger charge is -2.41. The van der Waals surface area contributed by atoms with Crippen LogP contribution in [0.15, 0.2) is 0 Å². The Labute approximate surface area is 99.3 Å². The van der Waals surface area contributed by atoms with Crippen molar-refractivity contribution in [2.75, 3.05) is 13.2 Å². The molecule has 0 radical (unpaired) electrons. The fraction of sp³-hybridized carbons (Fsp3) is 1.00. The molecule has 3 nitrogen and oxygen atoms in total. The molecular weight excluding hydrogens is 202 g/mol. The molecule has 0 aromatic heterocycles. The van der Waals surface area contributed by atoms with Crippen LogP contribution < -0.4 is 5.32 Å². The average Bonchev–Trinajstić information content (AvgIpc) is 2.30. The zero-order chi connectivity index (χ0) is 12.0. The van der Waals surface area contributed by atoms with Crippen molar-refractivity contribution in [2.45, 2.75) is 64.0 Å². The van der Waals surface area contributed by atoms with Gasteiger partial charge >= 0.3 is 0 Å². The number of rotatable bonds is 6. The van der Waals surface area contributed by atoms with Crippen LogP contribution in [-0.2, 0) is 0 Å². The summed E-state index contributed by atoms with van der Waals surface area (Å²) in [6.07, 6.45) is 6.39. The molecule has 0 aliphatic heterocycles. The molecule has 1 aliphatic rings. The molecule has 0 saturated heterocycles. The third-order valence-corrected chi connectivity index (χ3v) is 3.88. The van der Waals surface area contributed by atoms with Crippen LogP contribution >= 0.6 is 0 Å². The van der Waals surface area contributed by atoms with Crippen molar-refractivity contribution >= 4 is 0 Å². The third kappa shape index (κ3) is 4.04. The molecule has 1 rings (SSSR count). The average molecular weight is 229 g/mol. The largest absolute Gasteiger partial charge is 0.396 e. The Morgan fingerprint density at radius 1 is 1.31 bits per heavy atom. The van der Waals surface area contributed by atoms with Gasteiger partial charge in [0.25, 0.3) is 0 Å². The first-order chi connectivity index (χ1) is 7.62. The minimum atomic E-state index is -0.0542. The summed E-state index contributed by atoms with van der Waals surface area (Å²) in [5.41, 5.74) is -0.0542. The summed E-state index contributed by atoms with van der Waals surface area (Å²) in [5.74, 6) is 0.800. The first kappa shape index (κ1) is 13.9. The molecule has 1 fully saturated rings. The summed E-state index contributed by atoms with van der Waals surface area (Å²) in [6.45, 7) is 4.93. The van der Waals surface area contributed by atoms with Gasteiger partial charge in [-0.3, -0.25) is 0 Å². The summed E-state index contributed by atoms with van der Waals surface area (Å²) in [4.78, 5) is 0. The molecule has 1 atom stereocenters. The van der Waals surface area contributed by atoms with Crippen molar-refractivity contribution in [3.63, 3.8) is 0 Å². The van der Waals surface area contributed by atoms with Crippen LogP contribution in [0.5, 0.6) is 0 Å². The molecule has 0 spiro atoms. The summed E-state index contributed by atoms with van der Waals surface area (Å²) < 4.78 is 0. The van der Waals surface area contributed by atoms with Gasteiger partial charge in [0.2, 0.25) is 0 Å². The Morgan fingerprint density at radius 3 is 2.44 bits per heavy atom. The van der Waals surface area contributed by atoms with E-state index in [1.165, 1.54) is 12.8 Å². The van der Waals surface area contributed by atoms with E-state index >= 15 is 0 Å². The van der Waals surface area contributed by atoms with Gasteiger partial charge in [-0.2, -0.15) is 0 Å². The van der Waals surface area contributed by atoms with Gasteiger partial charge in [0.05, 0.1) is 6.61 Å². The summed E-state index contributed by atoms with van der Waals surface area (Å²) in [7, 11) is 0. The molecule has 0 aromatic carbocycles. The van der Waals surface area contributed by atoms with Crippen molar-refractivity contribution in [3.8, 4) is 0 Å². The molecule has 0 amide bonds. The van der Waals surface area contributed by atoms with Crippen LogP contribution in [0.2, 0.25) is 0 Å². The van der Waals surface area contributed by atoms with Gasteiger partial charge in [0.1, 0.15) is 0 Å². The lowest BCUT2D eigenvalue weighted by atomic mass is 9.77. The summed E-state index contributed by atoms with van der Waals surface area (Å²) in [6, 6.07) is 0.382. The number of hydrogen-bond donors (Lipinski definition) is 3. The Hall–Kier alpha value is -0.120. The minimum Gasteiger partial charge on any atom is -0.396 e. The zero-order valence-corrected chi connectivity index (χ0v) is 10.7. The first-order valence-electron chi connectivity index (χ1n) is 6.61. The third-order valence-electron chi connectivity index (χ3n) is 3.88. The fourth-order valence-electron chi connectivity index (χ4n) is 2.66. The standard InChI is InChI=1S/C13H27NO2/c1-11-5-7-13(10-16,8-6-11)14-12(2)4-3-9-15/h11-12,14-16H,3-10H2,1-2H3. The Morgan fingerprint density at radius 2 is 1.94 bits per heavy atom. The van der Waals surface area contributed by atoms with E-state index in [1.54, 1.807) is 0 Å². The predicted molar refractivity (Wildman–Crippen MR) is 66.4 cm³/mol. The fourth-order valence-corrected chi connectivity index (χ4v) is 2.66. The topological polar surface area (TPSA) is 52.5 Å². The van der Waals surface area contributed by atoms with E-state index in [2.05, 4.69) is 19.2 Å². The smallest absolute Gasteiger partial charge is 0.0613 e. The SMILES string of the molecule is CC1CCC(CO)(NC(C)CCCO)CC1. The van der Waals surface area contributed by atoms with E-state index in [-0.39, 0.29) is 18.8 Å². The van der Waals surface area contributed by atoms with Crippen LogP contribution in [0.1, 0.15) is 52.4 Å². The maximum atomic E-state index is 9.59. The molecule has 96 valence electrons. The van der Waals surface area contributed by atoms with Crippen molar-refractivity contribution in [1.29, 1.82) is 0 Å². The molecule has 1 saturated carbocycles. The van der Waals surface area contributed by atoms with Crippen molar-refractivity contribution in [3.05, 3.63) is 0 Å². The number of aliphatic hydroxyl groups is 2. The van der Waals surface area contributed by atoms with Crippen molar-refractivity contribution < 1.29 is 10.2 Å². The van der Waals surface area contributed by atoms with Crippen LogP contribution in [0.4, 0.5) is 0 Å². The van der Waals surface area contributed by atoms with Gasteiger partial charge in [0.15, 0.2) is 0 Å². The molecule has 3 heteroatoms. The van der Waals surface area contributed by atoms with E-state index in [1.807, 2.05) is 0 Å². The highest BCUT2D eigenvalue weighted by Gasteiger charge is 2.34. The maximum Gasteiger partial charge on any atom is 0.0613 e. The molecule has 16 heavy (non-hydrogen) atoms. The first-order valence-corrected chi connectivity index (χ1v) is 6.61. The zero-order valence-electron chi connectivity index (χ0n) is 10.7. The van der Waals surface area contributed by atoms with Crippen LogP contribution in [0.25, 0.3) is 0 Å². The minimum absolute atomic E-state index is 0.0542. The Balaban J connectivity index is 2.40. The van der Waals surface area contributed by atoms with Gasteiger partial charge < -0.3 is 15.5 Å². The van der Waals surface area contributed by atoms with E-state index in [0.717, 1.165) is 31.6 Å². The molecule has 1 aliphatic carbocycles. The normalized spacial score (nSPS) is 32.6. The maximum absolute atomic E-state index is 9.59. The molecule has 0 aromatic rings. The van der Waals surface area contributed by atoms with Crippen LogP contribution in [0, 0.1) is 5.92 Å². The molecule has 0 heterocycles. The molecule has 3 N–H and O–H groups in total. The highest BCUT2D eigenvalue weighted by atomic mass is 16.3. The van der Waals surface area contributed by atoms with Gasteiger partial charge in [0, 0.05) is 18.2 Å². The van der Waals surface area contributed by atoms with E-state index in [9.17, 15) is 5.11 Å². The van der Waals surface area contributed by atoms with E-state index in [4.69, 9.17) is 5.11 Å². The number of nitrogens with one attached hydrogen (secondary N) is 1. The van der Waals surface area contributed by atoms with Crippen LogP contribution in [0.3, 0.4) is 0 Å². The van der Waals surface area contributed by atoms with Gasteiger partial charge in [-0.1, -0.05) is 6.92 Å². The van der Waals surface area contributed by atoms with Crippen molar-refractivity contribution in [2.24, 2.45) is 5.92 Å². The second-order valence-corrected chi connectivity index (χ2v) is 5.53. The summed E-state index contributed by atoms with van der Waals surface area (Å²) >= 11 is 0.